The van der Waals surface area contributed by atoms with Crippen molar-refractivity contribution >= 4 is 23.2 Å². The number of piperazine rings is 1. The number of alkyl halides is 2. The van der Waals surface area contributed by atoms with Crippen molar-refractivity contribution in [3.8, 4) is 29.0 Å². The third kappa shape index (κ3) is 6.96. The first-order valence-electron chi connectivity index (χ1n) is 15.8. The number of likely N-dealkylation sites (tertiary alicyclic amines) is 1. The lowest BCUT2D eigenvalue weighted by atomic mass is 10.0. The number of benzene rings is 1. The van der Waals surface area contributed by atoms with E-state index < -0.39 is 30.6 Å². The number of halogens is 2. The molecule has 0 spiro atoms. The molecule has 3 aliphatic heterocycles. The predicted molar refractivity (Wildman–Crippen MR) is 171 cm³/mol. The summed E-state index contributed by atoms with van der Waals surface area (Å²) in [6.45, 7) is 6.84. The zero-order valence-corrected chi connectivity index (χ0v) is 27.0. The number of carbonyl (C=O) groups is 1. The lowest BCUT2D eigenvalue weighted by molar-refractivity contribution is -0.165. The Bertz CT molecular complexity index is 1680. The highest BCUT2D eigenvalue weighted by Crippen LogP contribution is 2.35. The molecule has 2 N–H and O–H groups in total. The van der Waals surface area contributed by atoms with Gasteiger partial charge in [0.25, 0.3) is 5.91 Å². The van der Waals surface area contributed by atoms with Gasteiger partial charge in [0, 0.05) is 50.3 Å². The largest absolute Gasteiger partial charge is 0.483 e. The average molecular weight is 665 g/mol. The van der Waals surface area contributed by atoms with E-state index >= 15 is 0 Å². The van der Waals surface area contributed by atoms with Crippen LogP contribution in [0.25, 0.3) is 11.3 Å². The zero-order chi connectivity index (χ0) is 34.0. The van der Waals surface area contributed by atoms with Crippen LogP contribution in [-0.4, -0.2) is 119 Å². The first-order valence-corrected chi connectivity index (χ1v) is 15.8. The third-order valence-electron chi connectivity index (χ3n) is 8.93. The molecule has 3 saturated heterocycles. The van der Waals surface area contributed by atoms with Gasteiger partial charge >= 0.3 is 5.92 Å². The monoisotopic (exact) mass is 664 g/mol. The second kappa shape index (κ2) is 13.8. The summed E-state index contributed by atoms with van der Waals surface area (Å²) in [6, 6.07) is 12.9. The van der Waals surface area contributed by atoms with E-state index in [9.17, 15) is 23.9 Å². The van der Waals surface area contributed by atoms with E-state index in [4.69, 9.17) is 14.2 Å². The highest BCUT2D eigenvalue weighted by Gasteiger charge is 2.48. The Labute approximate surface area is 277 Å². The Hall–Kier alpha value is -4.65. The van der Waals surface area contributed by atoms with Crippen LogP contribution in [0, 0.1) is 11.3 Å². The standard InChI is InChI=1S/C33H38F2N8O5/c1-20-15-41(24-16-47-17-24)10-11-43(20)26-5-7-29(40-31(26)46-3)39-30-13-25(37-19-38-30)22-4-6-27(23(12-22)14-36)48-28-8-9-42(18-33(28,34)35)32(45)21(2)44/h4-7,12-13,19-21,24,28,44H,8-11,15-18H2,1-3H3,(H,37,38,39,40)/t20-,21?,28-/m1/s1. The van der Waals surface area contributed by atoms with E-state index in [2.05, 4.69) is 37.0 Å². The van der Waals surface area contributed by atoms with Gasteiger partial charge in [0.1, 0.15) is 41.6 Å². The van der Waals surface area contributed by atoms with E-state index in [-0.39, 0.29) is 30.3 Å². The number of carbonyl (C=O) groups excluding carboxylic acids is 1. The van der Waals surface area contributed by atoms with E-state index in [0.29, 0.717) is 34.8 Å². The zero-order valence-electron chi connectivity index (χ0n) is 27.0. The maximum absolute atomic E-state index is 14.9. The van der Waals surface area contributed by atoms with Crippen LogP contribution >= 0.6 is 0 Å². The van der Waals surface area contributed by atoms with Crippen LogP contribution in [0.2, 0.25) is 0 Å². The SMILES string of the molecule is COc1nc(Nc2cc(-c3ccc(O[C@@H]4CCN(C(=O)C(C)O)CC4(F)F)c(C#N)c3)ncn2)ccc1N1CCN(C2COC2)C[C@H]1C. The van der Waals surface area contributed by atoms with Crippen LogP contribution in [0.15, 0.2) is 42.7 Å². The smallest absolute Gasteiger partial charge is 0.301 e. The van der Waals surface area contributed by atoms with Crippen molar-refractivity contribution in [2.45, 2.75) is 50.5 Å². The molecule has 2 aromatic heterocycles. The number of hydrogen-bond donors (Lipinski definition) is 2. The van der Waals surface area contributed by atoms with Crippen molar-refractivity contribution in [2.24, 2.45) is 0 Å². The van der Waals surface area contributed by atoms with Gasteiger partial charge in [-0.3, -0.25) is 9.69 Å². The fourth-order valence-corrected chi connectivity index (χ4v) is 6.25. The maximum atomic E-state index is 14.9. The summed E-state index contributed by atoms with van der Waals surface area (Å²) >= 11 is 0. The van der Waals surface area contributed by atoms with Gasteiger partial charge in [0.05, 0.1) is 44.2 Å². The van der Waals surface area contributed by atoms with Gasteiger partial charge in [-0.15, -0.1) is 0 Å². The van der Waals surface area contributed by atoms with Crippen molar-refractivity contribution in [2.75, 3.05) is 63.3 Å². The predicted octanol–water partition coefficient (Wildman–Crippen LogP) is 3.07. The number of nitriles is 1. The Balaban J connectivity index is 1.13. The van der Waals surface area contributed by atoms with Gasteiger partial charge in [0.2, 0.25) is 5.88 Å². The Morgan fingerprint density at radius 1 is 1.17 bits per heavy atom. The van der Waals surface area contributed by atoms with Crippen LogP contribution in [0.5, 0.6) is 11.6 Å². The van der Waals surface area contributed by atoms with Crippen LogP contribution in [0.4, 0.5) is 26.1 Å². The topological polar surface area (TPSA) is 149 Å². The second-order valence-electron chi connectivity index (χ2n) is 12.3. The summed E-state index contributed by atoms with van der Waals surface area (Å²) in [5.41, 5.74) is 2.00. The molecule has 1 aromatic carbocycles. The molecule has 48 heavy (non-hydrogen) atoms. The fourth-order valence-electron chi connectivity index (χ4n) is 6.25. The summed E-state index contributed by atoms with van der Waals surface area (Å²) in [5.74, 6) is -2.69. The molecule has 0 saturated carbocycles. The average Bonchev–Trinajstić information content (AvgIpc) is 3.04. The molecule has 13 nitrogen and oxygen atoms in total. The van der Waals surface area contributed by atoms with Crippen molar-refractivity contribution in [3.63, 3.8) is 0 Å². The van der Waals surface area contributed by atoms with E-state index in [1.807, 2.05) is 18.2 Å². The molecule has 3 atom stereocenters. The van der Waals surface area contributed by atoms with Crippen molar-refractivity contribution < 1.29 is 32.9 Å². The fraction of sp³-hybridized carbons (Fsp3) is 0.485. The van der Waals surface area contributed by atoms with Crippen LogP contribution in [-0.2, 0) is 9.53 Å². The lowest BCUT2D eigenvalue weighted by Crippen LogP contribution is -2.59. The number of nitrogens with one attached hydrogen (secondary N) is 1. The summed E-state index contributed by atoms with van der Waals surface area (Å²) in [7, 11) is 1.59. The van der Waals surface area contributed by atoms with Gasteiger partial charge in [-0.1, -0.05) is 0 Å². The minimum absolute atomic E-state index is 0.00203. The number of nitrogens with zero attached hydrogens (tertiary/aromatic N) is 7. The number of hydrogen-bond acceptors (Lipinski definition) is 12. The molecule has 5 heterocycles. The molecule has 1 unspecified atom stereocenters. The van der Waals surface area contributed by atoms with Crippen LogP contribution in [0.3, 0.4) is 0 Å². The number of ether oxygens (including phenoxy) is 3. The minimum Gasteiger partial charge on any atom is -0.483 e. The van der Waals surface area contributed by atoms with Gasteiger partial charge in [-0.05, 0) is 44.2 Å². The molecular weight excluding hydrogens is 626 g/mol. The van der Waals surface area contributed by atoms with Gasteiger partial charge < -0.3 is 34.4 Å². The van der Waals surface area contributed by atoms with Crippen LogP contribution in [0.1, 0.15) is 25.8 Å². The third-order valence-corrected chi connectivity index (χ3v) is 8.93. The molecule has 0 bridgehead atoms. The molecule has 1 amide bonds. The number of aromatic nitrogens is 3. The molecule has 0 aliphatic carbocycles. The van der Waals surface area contributed by atoms with Gasteiger partial charge in [-0.2, -0.15) is 10.2 Å². The molecule has 15 heteroatoms. The number of anilines is 3. The number of piperidine rings is 1. The maximum Gasteiger partial charge on any atom is 0.301 e. The second-order valence-corrected chi connectivity index (χ2v) is 12.3. The van der Waals surface area contributed by atoms with E-state index in [1.54, 1.807) is 19.2 Å². The van der Waals surface area contributed by atoms with E-state index in [0.717, 1.165) is 43.4 Å². The Morgan fingerprint density at radius 2 is 1.98 bits per heavy atom. The number of amides is 1. The molecular formula is C33H38F2N8O5. The first kappa shape index (κ1) is 33.3. The summed E-state index contributed by atoms with van der Waals surface area (Å²) in [4.78, 5) is 31.1. The van der Waals surface area contributed by atoms with Crippen LogP contribution < -0.4 is 19.7 Å². The Kier molecular flexibility index (Phi) is 9.58. The number of aliphatic hydroxyl groups is 1. The van der Waals surface area contributed by atoms with Crippen molar-refractivity contribution in [3.05, 3.63) is 48.3 Å². The highest BCUT2D eigenvalue weighted by atomic mass is 19.3. The molecule has 6 rings (SSSR count). The minimum atomic E-state index is -3.38. The number of pyridine rings is 1. The summed E-state index contributed by atoms with van der Waals surface area (Å²) < 4.78 is 46.6. The highest BCUT2D eigenvalue weighted by molar-refractivity contribution is 5.80. The Morgan fingerprint density at radius 3 is 2.65 bits per heavy atom. The number of rotatable bonds is 9. The first-order chi connectivity index (χ1) is 23.1. The summed E-state index contributed by atoms with van der Waals surface area (Å²) in [6.07, 6.45) is -1.71. The van der Waals surface area contributed by atoms with E-state index in [1.165, 1.54) is 25.4 Å². The normalized spacial score (nSPS) is 21.9. The lowest BCUT2D eigenvalue weighted by Gasteiger charge is -2.46. The van der Waals surface area contributed by atoms with Crippen molar-refractivity contribution in [1.82, 2.24) is 24.8 Å². The quantitative estimate of drug-likeness (QED) is 0.346. The van der Waals surface area contributed by atoms with Gasteiger partial charge in [0.15, 0.2) is 6.10 Å². The molecule has 3 aromatic rings. The molecule has 3 fully saturated rings. The molecule has 0 radical (unpaired) electrons. The number of aliphatic hydroxyl groups excluding tert-OH is 1. The summed E-state index contributed by atoms with van der Waals surface area (Å²) in [5, 5.41) is 22.5. The van der Waals surface area contributed by atoms with Crippen molar-refractivity contribution in [1.29, 1.82) is 5.26 Å². The number of methoxy groups -OCH3 is 1. The van der Waals surface area contributed by atoms with Gasteiger partial charge in [-0.25, -0.2) is 18.7 Å². The molecule has 3 aliphatic rings. The molecule has 254 valence electrons.